The van der Waals surface area contributed by atoms with Gasteiger partial charge in [0.05, 0.1) is 0 Å². The lowest BCUT2D eigenvalue weighted by atomic mass is 9.99. The number of carboxylic acid groups (broad SMARTS) is 1. The van der Waals surface area contributed by atoms with Crippen molar-refractivity contribution in [2.45, 2.75) is 30.7 Å². The third kappa shape index (κ3) is 2.18. The summed E-state index contributed by atoms with van der Waals surface area (Å²) in [6.07, 6.45) is -8.72. The summed E-state index contributed by atoms with van der Waals surface area (Å²) in [7, 11) is 0. The standard InChI is InChI=1S/C6H10O7.H2O/c7-1-2(8)4(5(10)11)13-6(12)3(1)9;/h1-4,6-9,12H,(H,10,11);1H2/t1-,2-,3+,4+,6?;/m0./s1. The van der Waals surface area contributed by atoms with Crippen LogP contribution in [0.4, 0.5) is 0 Å². The molecule has 5 atom stereocenters. The Bertz CT molecular complexity index is 206. The molecule has 1 aliphatic rings. The van der Waals surface area contributed by atoms with Gasteiger partial charge in [-0.15, -0.1) is 0 Å². The fourth-order valence-corrected chi connectivity index (χ4v) is 1.07. The van der Waals surface area contributed by atoms with Crippen molar-refractivity contribution in [3.05, 3.63) is 0 Å². The van der Waals surface area contributed by atoms with Crippen molar-refractivity contribution < 1.29 is 40.5 Å². The van der Waals surface area contributed by atoms with Gasteiger partial charge in [-0.3, -0.25) is 0 Å². The molecule has 1 unspecified atom stereocenters. The molecule has 0 aromatic rings. The second-order valence-electron chi connectivity index (χ2n) is 2.76. The summed E-state index contributed by atoms with van der Waals surface area (Å²) in [5, 5.41) is 44.4. The minimum absolute atomic E-state index is 0. The van der Waals surface area contributed by atoms with Gasteiger partial charge in [-0.1, -0.05) is 0 Å². The predicted octanol–water partition coefficient (Wildman–Crippen LogP) is -3.95. The van der Waals surface area contributed by atoms with Crippen LogP contribution < -0.4 is 0 Å². The van der Waals surface area contributed by atoms with E-state index in [0.717, 1.165) is 0 Å². The summed E-state index contributed by atoms with van der Waals surface area (Å²) in [6, 6.07) is 0. The Balaban J connectivity index is 0.00000169. The minimum Gasteiger partial charge on any atom is -0.479 e. The van der Waals surface area contributed by atoms with Gasteiger partial charge in [0.1, 0.15) is 18.3 Å². The molecule has 1 fully saturated rings. The van der Waals surface area contributed by atoms with Crippen LogP contribution in [-0.4, -0.2) is 67.7 Å². The van der Waals surface area contributed by atoms with Gasteiger partial charge in [-0.25, -0.2) is 4.79 Å². The number of aliphatic hydroxyl groups excluding tert-OH is 4. The highest BCUT2D eigenvalue weighted by Gasteiger charge is 2.46. The van der Waals surface area contributed by atoms with E-state index >= 15 is 0 Å². The highest BCUT2D eigenvalue weighted by atomic mass is 16.6. The summed E-state index contributed by atoms with van der Waals surface area (Å²) in [5.74, 6) is -1.52. The van der Waals surface area contributed by atoms with E-state index < -0.39 is 36.7 Å². The number of aliphatic hydroxyl groups is 4. The normalized spacial score (nSPS) is 42.7. The highest BCUT2D eigenvalue weighted by molar-refractivity contribution is 5.73. The smallest absolute Gasteiger partial charge is 0.335 e. The van der Waals surface area contributed by atoms with Gasteiger partial charge in [-0.05, 0) is 0 Å². The average molecular weight is 212 g/mol. The molecule has 0 aliphatic carbocycles. The monoisotopic (exact) mass is 212 g/mol. The molecule has 0 radical (unpaired) electrons. The van der Waals surface area contributed by atoms with E-state index in [-0.39, 0.29) is 5.48 Å². The first-order chi connectivity index (χ1) is 5.95. The van der Waals surface area contributed by atoms with Crippen LogP contribution in [0, 0.1) is 0 Å². The van der Waals surface area contributed by atoms with E-state index in [2.05, 4.69) is 4.74 Å². The van der Waals surface area contributed by atoms with Crippen molar-refractivity contribution in [1.82, 2.24) is 0 Å². The van der Waals surface area contributed by atoms with Crippen LogP contribution in [0.2, 0.25) is 0 Å². The molecule has 0 bridgehead atoms. The van der Waals surface area contributed by atoms with Crippen LogP contribution in [0.25, 0.3) is 0 Å². The van der Waals surface area contributed by atoms with Crippen molar-refractivity contribution in [1.29, 1.82) is 0 Å². The van der Waals surface area contributed by atoms with Crippen molar-refractivity contribution in [2.75, 3.05) is 0 Å². The van der Waals surface area contributed by atoms with E-state index in [9.17, 15) is 4.79 Å². The number of ether oxygens (including phenoxy) is 1. The zero-order valence-electron chi connectivity index (χ0n) is 6.94. The number of hydrogen-bond acceptors (Lipinski definition) is 6. The molecule has 0 aromatic heterocycles. The molecule has 1 aliphatic heterocycles. The quantitative estimate of drug-likeness (QED) is 0.296. The highest BCUT2D eigenvalue weighted by Crippen LogP contribution is 2.19. The minimum atomic E-state index is -1.81. The fraction of sp³-hybridized carbons (Fsp3) is 0.833. The van der Waals surface area contributed by atoms with Gasteiger partial charge in [0.2, 0.25) is 0 Å². The van der Waals surface area contributed by atoms with E-state index in [1.807, 2.05) is 0 Å². The van der Waals surface area contributed by atoms with Crippen LogP contribution in [0.5, 0.6) is 0 Å². The Morgan fingerprint density at radius 2 is 1.50 bits per heavy atom. The number of carbonyl (C=O) groups is 1. The maximum atomic E-state index is 10.4. The first kappa shape index (κ1) is 13.2. The average Bonchev–Trinajstić information content (AvgIpc) is 2.07. The first-order valence-electron chi connectivity index (χ1n) is 3.55. The second kappa shape index (κ2) is 4.64. The lowest BCUT2D eigenvalue weighted by Crippen LogP contribution is -2.59. The van der Waals surface area contributed by atoms with Gasteiger partial charge >= 0.3 is 5.97 Å². The lowest BCUT2D eigenvalue weighted by Gasteiger charge is -2.36. The number of carboxylic acids is 1. The Labute approximate surface area is 78.3 Å². The summed E-state index contributed by atoms with van der Waals surface area (Å²) in [4.78, 5) is 10.4. The van der Waals surface area contributed by atoms with Crippen LogP contribution in [0.3, 0.4) is 0 Å². The van der Waals surface area contributed by atoms with Crippen LogP contribution in [-0.2, 0) is 9.53 Å². The maximum Gasteiger partial charge on any atom is 0.335 e. The lowest BCUT2D eigenvalue weighted by molar-refractivity contribution is -0.279. The van der Waals surface area contributed by atoms with Crippen LogP contribution in [0.15, 0.2) is 0 Å². The van der Waals surface area contributed by atoms with E-state index in [1.165, 1.54) is 0 Å². The van der Waals surface area contributed by atoms with Crippen LogP contribution in [0.1, 0.15) is 0 Å². The molecule has 1 heterocycles. The summed E-state index contributed by atoms with van der Waals surface area (Å²) in [6.45, 7) is 0. The van der Waals surface area contributed by atoms with Gasteiger partial charge in [0.25, 0.3) is 0 Å². The molecule has 0 aromatic carbocycles. The molecular formula is C6H12O8. The van der Waals surface area contributed by atoms with Crippen LogP contribution >= 0.6 is 0 Å². The molecule has 84 valence electrons. The topological polar surface area (TPSA) is 159 Å². The zero-order valence-corrected chi connectivity index (χ0v) is 6.94. The van der Waals surface area contributed by atoms with Gasteiger partial charge < -0.3 is 35.7 Å². The third-order valence-corrected chi connectivity index (χ3v) is 1.83. The Hall–Kier alpha value is -0.770. The molecule has 14 heavy (non-hydrogen) atoms. The Kier molecular flexibility index (Phi) is 4.39. The molecule has 1 saturated heterocycles. The molecule has 8 heteroatoms. The number of aliphatic carboxylic acids is 1. The molecule has 7 N–H and O–H groups in total. The SMILES string of the molecule is O.O=C(O)[C@@H]1OC(O)[C@H](O)[C@@H](O)[C@@H]1O. The molecule has 0 spiro atoms. The van der Waals surface area contributed by atoms with Gasteiger partial charge in [-0.2, -0.15) is 0 Å². The maximum absolute atomic E-state index is 10.4. The molecule has 0 saturated carbocycles. The van der Waals surface area contributed by atoms with Gasteiger partial charge in [0.15, 0.2) is 12.4 Å². The molecule has 1 rings (SSSR count). The predicted molar refractivity (Wildman–Crippen MR) is 40.1 cm³/mol. The van der Waals surface area contributed by atoms with E-state index in [1.54, 1.807) is 0 Å². The van der Waals surface area contributed by atoms with Crippen molar-refractivity contribution in [2.24, 2.45) is 0 Å². The largest absolute Gasteiger partial charge is 0.479 e. The van der Waals surface area contributed by atoms with E-state index in [0.29, 0.717) is 0 Å². The van der Waals surface area contributed by atoms with Crippen molar-refractivity contribution in [3.8, 4) is 0 Å². The summed E-state index contributed by atoms with van der Waals surface area (Å²) >= 11 is 0. The zero-order chi connectivity index (χ0) is 10.2. The summed E-state index contributed by atoms with van der Waals surface area (Å²) in [5.41, 5.74) is 0. The molecular weight excluding hydrogens is 200 g/mol. The Morgan fingerprint density at radius 1 is 1.00 bits per heavy atom. The van der Waals surface area contributed by atoms with Gasteiger partial charge in [0, 0.05) is 0 Å². The Morgan fingerprint density at radius 3 is 1.93 bits per heavy atom. The van der Waals surface area contributed by atoms with Crippen molar-refractivity contribution in [3.63, 3.8) is 0 Å². The third-order valence-electron chi connectivity index (χ3n) is 1.83. The molecule has 0 amide bonds. The number of hydrogen-bond donors (Lipinski definition) is 5. The van der Waals surface area contributed by atoms with Crippen molar-refractivity contribution >= 4 is 5.97 Å². The summed E-state index contributed by atoms with van der Waals surface area (Å²) < 4.78 is 4.34. The fourth-order valence-electron chi connectivity index (χ4n) is 1.07. The first-order valence-corrected chi connectivity index (χ1v) is 3.55. The molecule has 8 nitrogen and oxygen atoms in total. The second-order valence-corrected chi connectivity index (χ2v) is 2.76. The number of rotatable bonds is 1. The van der Waals surface area contributed by atoms with E-state index in [4.69, 9.17) is 25.5 Å².